The molecule has 0 bridgehead atoms. The van der Waals surface area contributed by atoms with Crippen LogP contribution in [0.25, 0.3) is 0 Å². The number of hydrogen-bond donors (Lipinski definition) is 0. The lowest BCUT2D eigenvalue weighted by molar-refractivity contribution is -0.135. The third-order valence-corrected chi connectivity index (χ3v) is 7.19. The zero-order valence-electron chi connectivity index (χ0n) is 17.5. The number of rotatable bonds is 8. The van der Waals surface area contributed by atoms with Gasteiger partial charge in [0.25, 0.3) is 15.9 Å². The Kier molecular flexibility index (Phi) is 7.33. The number of sulfonamides is 1. The lowest BCUT2D eigenvalue weighted by Crippen LogP contribution is -2.49. The molecule has 0 atom stereocenters. The van der Waals surface area contributed by atoms with Gasteiger partial charge in [-0.15, -0.1) is 0 Å². The first-order valence-corrected chi connectivity index (χ1v) is 11.7. The summed E-state index contributed by atoms with van der Waals surface area (Å²) >= 11 is 0. The van der Waals surface area contributed by atoms with Gasteiger partial charge in [0.15, 0.2) is 6.61 Å². The van der Waals surface area contributed by atoms with Gasteiger partial charge in [-0.1, -0.05) is 25.1 Å². The van der Waals surface area contributed by atoms with Crippen molar-refractivity contribution in [3.05, 3.63) is 54.6 Å². The highest BCUT2D eigenvalue weighted by molar-refractivity contribution is 7.92. The number of carbonyl (C=O) groups excluding carboxylic acids is 1. The number of piperazine rings is 1. The van der Waals surface area contributed by atoms with Gasteiger partial charge >= 0.3 is 0 Å². The number of anilines is 1. The number of hydrogen-bond acceptors (Lipinski definition) is 5. The van der Waals surface area contributed by atoms with Crippen LogP contribution in [-0.2, 0) is 14.8 Å². The summed E-state index contributed by atoms with van der Waals surface area (Å²) in [5.41, 5.74) is 0.552. The molecular formula is C22H29N3O4S. The molecule has 30 heavy (non-hydrogen) atoms. The highest BCUT2D eigenvalue weighted by atomic mass is 32.2. The molecule has 1 aliphatic rings. The minimum absolute atomic E-state index is 0.0225. The van der Waals surface area contributed by atoms with Crippen molar-refractivity contribution >= 4 is 21.6 Å². The van der Waals surface area contributed by atoms with Crippen LogP contribution in [0.15, 0.2) is 59.5 Å². The van der Waals surface area contributed by atoms with Crippen LogP contribution in [-0.4, -0.2) is 70.0 Å². The molecule has 0 unspecified atom stereocenters. The summed E-state index contributed by atoms with van der Waals surface area (Å²) in [6.45, 7) is 8.41. The molecule has 7 nitrogen and oxygen atoms in total. The highest BCUT2D eigenvalue weighted by Crippen LogP contribution is 2.25. The van der Waals surface area contributed by atoms with E-state index in [1.807, 2.05) is 4.90 Å². The quantitative estimate of drug-likeness (QED) is 0.642. The largest absolute Gasteiger partial charge is 0.484 e. The molecule has 1 aliphatic heterocycles. The van der Waals surface area contributed by atoms with E-state index in [0.29, 0.717) is 18.0 Å². The number of benzene rings is 2. The summed E-state index contributed by atoms with van der Waals surface area (Å²) < 4.78 is 32.8. The Balaban J connectivity index is 1.61. The van der Waals surface area contributed by atoms with Gasteiger partial charge in [0.1, 0.15) is 5.75 Å². The van der Waals surface area contributed by atoms with Crippen LogP contribution in [0.5, 0.6) is 5.75 Å². The van der Waals surface area contributed by atoms with E-state index in [0.717, 1.165) is 32.7 Å². The van der Waals surface area contributed by atoms with E-state index in [9.17, 15) is 13.2 Å². The molecule has 0 spiro atoms. The topological polar surface area (TPSA) is 70.2 Å². The molecule has 8 heteroatoms. The zero-order chi connectivity index (χ0) is 21.6. The highest BCUT2D eigenvalue weighted by Gasteiger charge is 2.23. The van der Waals surface area contributed by atoms with Crippen molar-refractivity contribution in [1.29, 1.82) is 0 Å². The molecule has 0 radical (unpaired) electrons. The third-order valence-electron chi connectivity index (χ3n) is 5.28. The number of ether oxygens (including phenoxy) is 1. The first-order chi connectivity index (χ1) is 14.5. The number of nitrogens with zero attached hydrogens (tertiary/aromatic N) is 3. The molecule has 0 aliphatic carbocycles. The van der Waals surface area contributed by atoms with Crippen molar-refractivity contribution < 1.29 is 17.9 Å². The smallest absolute Gasteiger partial charge is 0.264 e. The second-order valence-corrected chi connectivity index (χ2v) is 8.94. The van der Waals surface area contributed by atoms with Gasteiger partial charge in [-0.05, 0) is 49.9 Å². The van der Waals surface area contributed by atoms with Crippen LogP contribution < -0.4 is 9.04 Å². The molecule has 1 saturated heterocycles. The maximum Gasteiger partial charge on any atom is 0.264 e. The Morgan fingerprint density at radius 1 is 0.967 bits per heavy atom. The van der Waals surface area contributed by atoms with E-state index in [1.54, 1.807) is 61.5 Å². The van der Waals surface area contributed by atoms with Crippen molar-refractivity contribution in [2.45, 2.75) is 18.7 Å². The minimum atomic E-state index is -3.64. The molecule has 1 amide bonds. The minimum Gasteiger partial charge on any atom is -0.484 e. The van der Waals surface area contributed by atoms with Gasteiger partial charge in [-0.3, -0.25) is 9.10 Å². The summed E-state index contributed by atoms with van der Waals surface area (Å²) in [5.74, 6) is 0.504. The van der Waals surface area contributed by atoms with E-state index in [4.69, 9.17) is 4.74 Å². The van der Waals surface area contributed by atoms with Crippen molar-refractivity contribution in [2.75, 3.05) is 50.2 Å². The van der Waals surface area contributed by atoms with E-state index in [2.05, 4.69) is 11.8 Å². The molecule has 1 fully saturated rings. The lowest BCUT2D eigenvalue weighted by atomic mass is 10.3. The van der Waals surface area contributed by atoms with Crippen LogP contribution in [0.1, 0.15) is 13.8 Å². The first-order valence-electron chi connectivity index (χ1n) is 10.3. The van der Waals surface area contributed by atoms with Gasteiger partial charge in [0.05, 0.1) is 10.6 Å². The summed E-state index contributed by atoms with van der Waals surface area (Å²) in [5, 5.41) is 0. The average molecular weight is 432 g/mol. The van der Waals surface area contributed by atoms with E-state index < -0.39 is 10.0 Å². The maximum absolute atomic E-state index is 12.9. The molecule has 3 rings (SSSR count). The first kappa shape index (κ1) is 22.1. The van der Waals surface area contributed by atoms with E-state index >= 15 is 0 Å². The standard InChI is InChI=1S/C22H29N3O4S/c1-3-23-14-16-24(17-15-23)22(26)18-29-20-12-10-19(11-13-20)25(4-2)30(27,28)21-8-6-5-7-9-21/h5-13H,3-4,14-18H2,1-2H3. The summed E-state index contributed by atoms with van der Waals surface area (Å²) in [7, 11) is -3.64. The second kappa shape index (κ2) is 9.95. The molecular weight excluding hydrogens is 402 g/mol. The van der Waals surface area contributed by atoms with Gasteiger partial charge in [0, 0.05) is 32.7 Å². The average Bonchev–Trinajstić information content (AvgIpc) is 2.79. The molecule has 0 aromatic heterocycles. The normalized spacial score (nSPS) is 15.1. The zero-order valence-corrected chi connectivity index (χ0v) is 18.3. The number of likely N-dealkylation sites (N-methyl/N-ethyl adjacent to an activating group) is 1. The van der Waals surface area contributed by atoms with Gasteiger partial charge in [0.2, 0.25) is 0 Å². The molecule has 0 N–H and O–H groups in total. The summed E-state index contributed by atoms with van der Waals surface area (Å²) in [6.07, 6.45) is 0. The van der Waals surface area contributed by atoms with Crippen LogP contribution >= 0.6 is 0 Å². The SMILES string of the molecule is CCN1CCN(C(=O)COc2ccc(N(CC)S(=O)(=O)c3ccccc3)cc2)CC1. The predicted molar refractivity (Wildman–Crippen MR) is 117 cm³/mol. The van der Waals surface area contributed by atoms with Crippen molar-refractivity contribution in [3.63, 3.8) is 0 Å². The number of carbonyl (C=O) groups is 1. The van der Waals surface area contributed by atoms with Crippen molar-refractivity contribution in [3.8, 4) is 5.75 Å². The third kappa shape index (κ3) is 5.12. The summed E-state index contributed by atoms with van der Waals surface area (Å²) in [4.78, 5) is 16.8. The monoisotopic (exact) mass is 431 g/mol. The fourth-order valence-electron chi connectivity index (χ4n) is 3.47. The maximum atomic E-state index is 12.9. The van der Waals surface area contributed by atoms with Crippen LogP contribution in [0.4, 0.5) is 5.69 Å². The van der Waals surface area contributed by atoms with E-state index in [-0.39, 0.29) is 17.4 Å². The Hall–Kier alpha value is -2.58. The lowest BCUT2D eigenvalue weighted by Gasteiger charge is -2.33. The Morgan fingerprint density at radius 2 is 1.60 bits per heavy atom. The van der Waals surface area contributed by atoms with Crippen molar-refractivity contribution in [1.82, 2.24) is 9.80 Å². The van der Waals surface area contributed by atoms with E-state index in [1.165, 1.54) is 4.31 Å². The van der Waals surface area contributed by atoms with Gasteiger partial charge < -0.3 is 14.5 Å². The Bertz CT molecular complexity index is 925. The van der Waals surface area contributed by atoms with Gasteiger partial charge in [-0.25, -0.2) is 8.42 Å². The molecule has 0 saturated carbocycles. The molecule has 1 heterocycles. The predicted octanol–water partition coefficient (Wildman–Crippen LogP) is 2.44. The Labute approximate surface area is 178 Å². The fourth-order valence-corrected chi connectivity index (χ4v) is 4.96. The van der Waals surface area contributed by atoms with Crippen molar-refractivity contribution in [2.24, 2.45) is 0 Å². The molecule has 162 valence electrons. The van der Waals surface area contributed by atoms with Crippen LogP contribution in [0.2, 0.25) is 0 Å². The Morgan fingerprint density at radius 3 is 2.17 bits per heavy atom. The van der Waals surface area contributed by atoms with Crippen LogP contribution in [0.3, 0.4) is 0 Å². The van der Waals surface area contributed by atoms with Crippen LogP contribution in [0, 0.1) is 0 Å². The number of amides is 1. The second-order valence-electron chi connectivity index (χ2n) is 7.08. The molecule has 2 aromatic carbocycles. The fraction of sp³-hybridized carbons (Fsp3) is 0.409. The summed E-state index contributed by atoms with van der Waals surface area (Å²) in [6, 6.07) is 15.2. The molecule has 2 aromatic rings. The van der Waals surface area contributed by atoms with Gasteiger partial charge in [-0.2, -0.15) is 0 Å².